The molecule has 1 amide bonds. The van der Waals surface area contributed by atoms with Gasteiger partial charge in [0.05, 0.1) is 27.1 Å². The highest BCUT2D eigenvalue weighted by atomic mass is 35.5. The molecule has 0 saturated carbocycles. The SMILES string of the molecule is O=C(Cc1ccc(Cl)c(Cl)c1)Nc1ccc(Cl)c(C(F)(F)F)c1. The molecule has 2 aromatic rings. The first-order valence-corrected chi connectivity index (χ1v) is 7.41. The number of nitrogens with one attached hydrogen (secondary N) is 1. The predicted octanol–water partition coefficient (Wildman–Crippen LogP) is 5.85. The van der Waals surface area contributed by atoms with Crippen LogP contribution in [0.5, 0.6) is 0 Å². The number of amides is 1. The minimum absolute atomic E-state index is 0.00628. The number of halogens is 6. The second-order valence-electron chi connectivity index (χ2n) is 4.67. The summed E-state index contributed by atoms with van der Waals surface area (Å²) in [5.41, 5.74) is -0.416. The molecule has 2 aromatic carbocycles. The van der Waals surface area contributed by atoms with Crippen molar-refractivity contribution in [1.82, 2.24) is 0 Å². The van der Waals surface area contributed by atoms with Crippen LogP contribution in [0.25, 0.3) is 0 Å². The summed E-state index contributed by atoms with van der Waals surface area (Å²) in [4.78, 5) is 11.9. The molecule has 1 N–H and O–H groups in total. The fourth-order valence-corrected chi connectivity index (χ4v) is 2.41. The van der Waals surface area contributed by atoms with Gasteiger partial charge in [0.1, 0.15) is 0 Å². The number of carbonyl (C=O) groups is 1. The molecule has 0 heterocycles. The van der Waals surface area contributed by atoms with Gasteiger partial charge in [-0.3, -0.25) is 4.79 Å². The van der Waals surface area contributed by atoms with Crippen molar-refractivity contribution < 1.29 is 18.0 Å². The third-order valence-electron chi connectivity index (χ3n) is 2.90. The van der Waals surface area contributed by atoms with E-state index in [1.54, 1.807) is 6.07 Å². The molecule has 0 spiro atoms. The molecule has 0 radical (unpaired) electrons. The largest absolute Gasteiger partial charge is 0.417 e. The van der Waals surface area contributed by atoms with E-state index in [4.69, 9.17) is 34.8 Å². The van der Waals surface area contributed by atoms with Crippen LogP contribution < -0.4 is 5.32 Å². The maximum absolute atomic E-state index is 12.8. The molecule has 0 atom stereocenters. The van der Waals surface area contributed by atoms with Gasteiger partial charge < -0.3 is 5.32 Å². The molecule has 122 valence electrons. The van der Waals surface area contributed by atoms with Gasteiger partial charge in [-0.15, -0.1) is 0 Å². The van der Waals surface area contributed by atoms with E-state index in [0.717, 1.165) is 12.1 Å². The summed E-state index contributed by atoms with van der Waals surface area (Å²) in [7, 11) is 0. The van der Waals surface area contributed by atoms with Crippen molar-refractivity contribution in [2.24, 2.45) is 0 Å². The van der Waals surface area contributed by atoms with E-state index in [9.17, 15) is 18.0 Å². The summed E-state index contributed by atoms with van der Waals surface area (Å²) >= 11 is 17.1. The number of carbonyl (C=O) groups excluding carboxylic acids is 1. The van der Waals surface area contributed by atoms with Gasteiger partial charge >= 0.3 is 6.18 Å². The Bertz CT molecular complexity index is 747. The van der Waals surface area contributed by atoms with Crippen LogP contribution >= 0.6 is 34.8 Å². The van der Waals surface area contributed by atoms with Gasteiger partial charge in [0.2, 0.25) is 5.91 Å². The Morgan fingerprint density at radius 1 is 0.957 bits per heavy atom. The topological polar surface area (TPSA) is 29.1 Å². The number of alkyl halides is 3. The van der Waals surface area contributed by atoms with E-state index in [1.165, 1.54) is 18.2 Å². The lowest BCUT2D eigenvalue weighted by atomic mass is 10.1. The standard InChI is InChI=1S/C15H9Cl3F3NO/c16-11-4-2-9(7-10(11)15(19,20)21)22-14(23)6-8-1-3-12(17)13(18)5-8/h1-5,7H,6H2,(H,22,23). The summed E-state index contributed by atoms with van der Waals surface area (Å²) < 4.78 is 38.3. The molecule has 0 bridgehead atoms. The monoisotopic (exact) mass is 381 g/mol. The highest BCUT2D eigenvalue weighted by molar-refractivity contribution is 6.42. The minimum Gasteiger partial charge on any atom is -0.326 e. The van der Waals surface area contributed by atoms with Crippen molar-refractivity contribution in [3.8, 4) is 0 Å². The fraction of sp³-hybridized carbons (Fsp3) is 0.133. The van der Waals surface area contributed by atoms with Gasteiger partial charge in [-0.1, -0.05) is 40.9 Å². The van der Waals surface area contributed by atoms with E-state index in [1.807, 2.05) is 0 Å². The second kappa shape index (κ2) is 6.99. The van der Waals surface area contributed by atoms with Crippen molar-refractivity contribution in [3.63, 3.8) is 0 Å². The van der Waals surface area contributed by atoms with Gasteiger partial charge in [0.25, 0.3) is 0 Å². The van der Waals surface area contributed by atoms with E-state index >= 15 is 0 Å². The Balaban J connectivity index is 2.12. The van der Waals surface area contributed by atoms with Crippen LogP contribution in [-0.2, 0) is 17.4 Å². The number of hydrogen-bond acceptors (Lipinski definition) is 1. The Morgan fingerprint density at radius 2 is 1.61 bits per heavy atom. The molecule has 0 aliphatic rings. The summed E-state index contributed by atoms with van der Waals surface area (Å²) in [5, 5.41) is 2.60. The molecule has 0 saturated heterocycles. The molecule has 23 heavy (non-hydrogen) atoms. The molecule has 2 nitrogen and oxygen atoms in total. The van der Waals surface area contributed by atoms with Gasteiger partial charge in [-0.05, 0) is 35.9 Å². The van der Waals surface area contributed by atoms with Crippen molar-refractivity contribution >= 4 is 46.4 Å². The smallest absolute Gasteiger partial charge is 0.326 e. The zero-order valence-electron chi connectivity index (χ0n) is 11.3. The first-order chi connectivity index (χ1) is 10.7. The third kappa shape index (κ3) is 4.77. The van der Waals surface area contributed by atoms with Crippen molar-refractivity contribution in [1.29, 1.82) is 0 Å². The number of rotatable bonds is 3. The maximum atomic E-state index is 12.8. The van der Waals surface area contributed by atoms with E-state index in [0.29, 0.717) is 15.6 Å². The average Bonchev–Trinajstić information content (AvgIpc) is 2.44. The fourth-order valence-electron chi connectivity index (χ4n) is 1.86. The summed E-state index contributed by atoms with van der Waals surface area (Å²) in [6.45, 7) is 0. The Morgan fingerprint density at radius 3 is 2.22 bits per heavy atom. The summed E-state index contributed by atoms with van der Waals surface area (Å²) in [6.07, 6.45) is -4.65. The minimum atomic E-state index is -4.60. The number of hydrogen-bond donors (Lipinski definition) is 1. The highest BCUT2D eigenvalue weighted by Crippen LogP contribution is 2.36. The molecule has 0 fully saturated rings. The van der Waals surface area contributed by atoms with Crippen molar-refractivity contribution in [3.05, 3.63) is 62.6 Å². The molecule has 0 aromatic heterocycles. The quantitative estimate of drug-likeness (QED) is 0.709. The summed E-state index contributed by atoms with van der Waals surface area (Å²) in [5.74, 6) is -0.487. The van der Waals surface area contributed by atoms with Crippen molar-refractivity contribution in [2.75, 3.05) is 5.32 Å². The normalized spacial score (nSPS) is 11.4. The van der Waals surface area contributed by atoms with Crippen LogP contribution in [0.1, 0.15) is 11.1 Å². The predicted molar refractivity (Wildman–Crippen MR) is 85.2 cm³/mol. The third-order valence-corrected chi connectivity index (χ3v) is 3.97. The van der Waals surface area contributed by atoms with Crippen LogP contribution in [0.3, 0.4) is 0 Å². The lowest BCUT2D eigenvalue weighted by Gasteiger charge is -2.12. The number of anilines is 1. The van der Waals surface area contributed by atoms with E-state index in [-0.39, 0.29) is 12.1 Å². The van der Waals surface area contributed by atoms with Gasteiger partial charge in [-0.25, -0.2) is 0 Å². The molecule has 2 rings (SSSR count). The zero-order valence-corrected chi connectivity index (χ0v) is 13.6. The molecule has 0 aliphatic carbocycles. The Labute approximate surface area is 145 Å². The first kappa shape index (κ1) is 17.9. The lowest BCUT2D eigenvalue weighted by molar-refractivity contribution is -0.137. The van der Waals surface area contributed by atoms with Gasteiger partial charge in [0, 0.05) is 5.69 Å². The van der Waals surface area contributed by atoms with Crippen LogP contribution in [0.15, 0.2) is 36.4 Å². The van der Waals surface area contributed by atoms with Gasteiger partial charge in [-0.2, -0.15) is 13.2 Å². The number of benzene rings is 2. The average molecular weight is 383 g/mol. The Hall–Kier alpha value is -1.43. The van der Waals surface area contributed by atoms with E-state index < -0.39 is 22.7 Å². The van der Waals surface area contributed by atoms with Crippen LogP contribution in [0.4, 0.5) is 18.9 Å². The molecule has 0 aliphatic heterocycles. The second-order valence-corrected chi connectivity index (χ2v) is 5.89. The van der Waals surface area contributed by atoms with Gasteiger partial charge in [0.15, 0.2) is 0 Å². The van der Waals surface area contributed by atoms with Crippen LogP contribution in [-0.4, -0.2) is 5.91 Å². The maximum Gasteiger partial charge on any atom is 0.417 e. The first-order valence-electron chi connectivity index (χ1n) is 6.27. The van der Waals surface area contributed by atoms with E-state index in [2.05, 4.69) is 5.32 Å². The molecule has 0 unspecified atom stereocenters. The zero-order chi connectivity index (χ0) is 17.2. The molecule has 8 heteroatoms. The van der Waals surface area contributed by atoms with Crippen LogP contribution in [0, 0.1) is 0 Å². The molecular weight excluding hydrogens is 374 g/mol. The highest BCUT2D eigenvalue weighted by Gasteiger charge is 2.33. The van der Waals surface area contributed by atoms with Crippen molar-refractivity contribution in [2.45, 2.75) is 12.6 Å². The Kier molecular flexibility index (Phi) is 5.45. The molecular formula is C15H9Cl3F3NO. The summed E-state index contributed by atoms with van der Waals surface area (Å²) in [6, 6.07) is 7.83. The lowest BCUT2D eigenvalue weighted by Crippen LogP contribution is -2.15. The van der Waals surface area contributed by atoms with Crippen LogP contribution in [0.2, 0.25) is 15.1 Å².